The molecule has 0 aromatic heterocycles. The first kappa shape index (κ1) is 12.2. The molecule has 0 aliphatic heterocycles. The average molecular weight is 223 g/mol. The first-order valence-corrected chi connectivity index (χ1v) is 4.96. The Hall–Kier alpha value is -1.91. The van der Waals surface area contributed by atoms with Crippen LogP contribution in [-0.4, -0.2) is 19.2 Å². The van der Waals surface area contributed by atoms with Gasteiger partial charge in [-0.1, -0.05) is 6.92 Å². The molecule has 5 heteroatoms. The van der Waals surface area contributed by atoms with Gasteiger partial charge in [0.15, 0.2) is 0 Å². The van der Waals surface area contributed by atoms with Crippen LogP contribution in [0.4, 0.5) is 10.1 Å². The summed E-state index contributed by atoms with van der Waals surface area (Å²) >= 11 is 0. The molecule has 1 aromatic rings. The third kappa shape index (κ3) is 3.34. The van der Waals surface area contributed by atoms with Gasteiger partial charge in [0, 0.05) is 24.7 Å². The maximum absolute atomic E-state index is 13.5. The Morgan fingerprint density at radius 1 is 1.56 bits per heavy atom. The summed E-state index contributed by atoms with van der Waals surface area (Å²) in [7, 11) is 1.63. The van der Waals surface area contributed by atoms with Crippen molar-refractivity contribution >= 4 is 17.8 Å². The van der Waals surface area contributed by atoms with Gasteiger partial charge >= 0.3 is 0 Å². The van der Waals surface area contributed by atoms with Gasteiger partial charge in [-0.3, -0.25) is 4.79 Å². The van der Waals surface area contributed by atoms with Crippen LogP contribution in [0.25, 0.3) is 0 Å². The largest absolute Gasteiger partial charge is 0.326 e. The van der Waals surface area contributed by atoms with E-state index in [2.05, 4.69) is 15.8 Å². The Morgan fingerprint density at radius 2 is 2.31 bits per heavy atom. The summed E-state index contributed by atoms with van der Waals surface area (Å²) in [6.07, 6.45) is 1.74. The molecule has 2 N–H and O–H groups in total. The van der Waals surface area contributed by atoms with E-state index in [0.29, 0.717) is 17.7 Å². The van der Waals surface area contributed by atoms with Gasteiger partial charge in [-0.2, -0.15) is 5.10 Å². The quantitative estimate of drug-likeness (QED) is 0.603. The molecule has 0 aliphatic rings. The summed E-state index contributed by atoms with van der Waals surface area (Å²) < 4.78 is 13.5. The van der Waals surface area contributed by atoms with Crippen molar-refractivity contribution in [1.82, 2.24) is 5.43 Å². The van der Waals surface area contributed by atoms with Crippen LogP contribution in [0, 0.1) is 5.82 Å². The van der Waals surface area contributed by atoms with Gasteiger partial charge < -0.3 is 10.7 Å². The van der Waals surface area contributed by atoms with E-state index in [-0.39, 0.29) is 5.91 Å². The predicted octanol–water partition coefficient (Wildman–Crippen LogP) is 1.73. The van der Waals surface area contributed by atoms with Gasteiger partial charge in [-0.15, -0.1) is 0 Å². The van der Waals surface area contributed by atoms with Crippen molar-refractivity contribution in [3.63, 3.8) is 0 Å². The van der Waals surface area contributed by atoms with Gasteiger partial charge in [0.2, 0.25) is 5.91 Å². The fourth-order valence-electron chi connectivity index (χ4n) is 1.09. The Balaban J connectivity index is 2.82. The van der Waals surface area contributed by atoms with Crippen LogP contribution < -0.4 is 10.7 Å². The van der Waals surface area contributed by atoms with Crippen LogP contribution in [0.3, 0.4) is 0 Å². The summed E-state index contributed by atoms with van der Waals surface area (Å²) in [6.45, 7) is 1.74. The molecule has 0 atom stereocenters. The van der Waals surface area contributed by atoms with Crippen LogP contribution in [0.15, 0.2) is 23.3 Å². The first-order valence-electron chi connectivity index (χ1n) is 4.96. The highest BCUT2D eigenvalue weighted by atomic mass is 19.1. The molecule has 0 radical (unpaired) electrons. The summed E-state index contributed by atoms with van der Waals surface area (Å²) in [5.41, 5.74) is 3.35. The molecule has 1 rings (SSSR count). The molecule has 0 heterocycles. The van der Waals surface area contributed by atoms with E-state index in [4.69, 9.17) is 0 Å². The van der Waals surface area contributed by atoms with Crippen molar-refractivity contribution in [2.24, 2.45) is 5.10 Å². The molecule has 0 saturated carbocycles. The van der Waals surface area contributed by atoms with E-state index < -0.39 is 5.82 Å². The van der Waals surface area contributed by atoms with Gasteiger partial charge in [0.25, 0.3) is 0 Å². The van der Waals surface area contributed by atoms with E-state index in [9.17, 15) is 9.18 Å². The van der Waals surface area contributed by atoms with Crippen molar-refractivity contribution < 1.29 is 9.18 Å². The molecule has 16 heavy (non-hydrogen) atoms. The van der Waals surface area contributed by atoms with Crippen molar-refractivity contribution in [2.75, 3.05) is 12.4 Å². The van der Waals surface area contributed by atoms with Crippen molar-refractivity contribution in [2.45, 2.75) is 13.3 Å². The number of halogens is 1. The molecule has 0 spiro atoms. The minimum atomic E-state index is -0.423. The highest BCUT2D eigenvalue weighted by Gasteiger charge is 2.03. The van der Waals surface area contributed by atoms with Crippen molar-refractivity contribution in [1.29, 1.82) is 0 Å². The highest BCUT2D eigenvalue weighted by molar-refractivity contribution is 5.91. The van der Waals surface area contributed by atoms with Gasteiger partial charge in [-0.05, 0) is 18.2 Å². The highest BCUT2D eigenvalue weighted by Crippen LogP contribution is 2.13. The monoisotopic (exact) mass is 223 g/mol. The lowest BCUT2D eigenvalue weighted by Gasteiger charge is -2.04. The number of nitrogens with one attached hydrogen (secondary N) is 2. The maximum atomic E-state index is 13.5. The topological polar surface area (TPSA) is 53.5 Å². The molecule has 0 aliphatic carbocycles. The van der Waals surface area contributed by atoms with E-state index in [1.54, 1.807) is 26.1 Å². The number of nitrogens with zero attached hydrogens (tertiary/aromatic N) is 1. The van der Waals surface area contributed by atoms with E-state index in [1.807, 2.05) is 0 Å². The molecule has 0 saturated heterocycles. The number of hydrogen-bond acceptors (Lipinski definition) is 3. The smallest absolute Gasteiger partial charge is 0.224 e. The molecule has 4 nitrogen and oxygen atoms in total. The number of hydrogen-bond donors (Lipinski definition) is 2. The summed E-state index contributed by atoms with van der Waals surface area (Å²) in [4.78, 5) is 11.1. The minimum absolute atomic E-state index is 0.143. The molecular weight excluding hydrogens is 209 g/mol. The second-order valence-corrected chi connectivity index (χ2v) is 3.12. The van der Waals surface area contributed by atoms with E-state index >= 15 is 0 Å². The third-order valence-corrected chi connectivity index (χ3v) is 1.94. The van der Waals surface area contributed by atoms with E-state index in [0.717, 1.165) is 0 Å². The van der Waals surface area contributed by atoms with Crippen LogP contribution in [0.1, 0.15) is 18.9 Å². The zero-order valence-electron chi connectivity index (χ0n) is 9.25. The number of carbonyl (C=O) groups is 1. The van der Waals surface area contributed by atoms with Gasteiger partial charge in [0.1, 0.15) is 5.82 Å². The molecule has 0 fully saturated rings. The molecule has 0 bridgehead atoms. The molecule has 1 amide bonds. The summed E-state index contributed by atoms with van der Waals surface area (Å²) in [6, 6.07) is 4.46. The second kappa shape index (κ2) is 5.85. The number of amides is 1. The lowest BCUT2D eigenvalue weighted by molar-refractivity contribution is -0.115. The number of rotatable bonds is 4. The van der Waals surface area contributed by atoms with E-state index in [1.165, 1.54) is 12.3 Å². The molecule has 1 aromatic carbocycles. The zero-order chi connectivity index (χ0) is 12.0. The fraction of sp³-hybridized carbons (Fsp3) is 0.273. The molecule has 0 unspecified atom stereocenters. The summed E-state index contributed by atoms with van der Waals surface area (Å²) in [5.74, 6) is -0.566. The average Bonchev–Trinajstić information content (AvgIpc) is 2.28. The first-order chi connectivity index (χ1) is 7.67. The zero-order valence-corrected chi connectivity index (χ0v) is 9.25. The Kier molecular flexibility index (Phi) is 4.44. The van der Waals surface area contributed by atoms with Crippen LogP contribution in [0.5, 0.6) is 0 Å². The normalized spacial score (nSPS) is 10.4. The fourth-order valence-corrected chi connectivity index (χ4v) is 1.09. The third-order valence-electron chi connectivity index (χ3n) is 1.94. The standard InChI is InChI=1S/C11H14FN3O/c1-3-11(16)15-9-5-4-8(7-14-13-2)10(12)6-9/h4-7,13H,3H2,1-2H3,(H,15,16)/b14-7+. The Morgan fingerprint density at radius 3 is 2.88 bits per heavy atom. The number of benzene rings is 1. The van der Waals surface area contributed by atoms with Crippen LogP contribution >= 0.6 is 0 Å². The molecular formula is C11H14FN3O. The second-order valence-electron chi connectivity index (χ2n) is 3.12. The Bertz CT molecular complexity index is 404. The lowest BCUT2D eigenvalue weighted by atomic mass is 10.2. The minimum Gasteiger partial charge on any atom is -0.326 e. The van der Waals surface area contributed by atoms with Gasteiger partial charge in [0.05, 0.1) is 6.21 Å². The van der Waals surface area contributed by atoms with Gasteiger partial charge in [-0.25, -0.2) is 4.39 Å². The predicted molar refractivity (Wildman–Crippen MR) is 62.0 cm³/mol. The van der Waals surface area contributed by atoms with Crippen LogP contribution in [0.2, 0.25) is 0 Å². The molecule has 86 valence electrons. The van der Waals surface area contributed by atoms with Crippen LogP contribution in [-0.2, 0) is 4.79 Å². The number of hydrazone groups is 1. The number of anilines is 1. The maximum Gasteiger partial charge on any atom is 0.224 e. The number of carbonyl (C=O) groups excluding carboxylic acids is 1. The SMILES string of the molecule is CCC(=O)Nc1ccc(/C=N/NC)c(F)c1. The van der Waals surface area contributed by atoms with Crippen molar-refractivity contribution in [3.8, 4) is 0 Å². The summed E-state index contributed by atoms with van der Waals surface area (Å²) in [5, 5.41) is 6.28. The van der Waals surface area contributed by atoms with Crippen molar-refractivity contribution in [3.05, 3.63) is 29.6 Å². The lowest BCUT2D eigenvalue weighted by Crippen LogP contribution is -2.09. The Labute approximate surface area is 93.5 Å².